The molecular weight excluding hydrogens is 404 g/mol. The highest BCUT2D eigenvalue weighted by atomic mass is 15.6. The van der Waals surface area contributed by atoms with Crippen molar-refractivity contribution in [1.82, 2.24) is 15.3 Å². The van der Waals surface area contributed by atoms with Gasteiger partial charge >= 0.3 is 0 Å². The summed E-state index contributed by atoms with van der Waals surface area (Å²) in [6.07, 6.45) is 2.35. The van der Waals surface area contributed by atoms with Gasteiger partial charge in [-0.2, -0.15) is 5.01 Å². The second kappa shape index (κ2) is 12.6. The Morgan fingerprint density at radius 1 is 0.812 bits per heavy atom. The van der Waals surface area contributed by atoms with Gasteiger partial charge in [0.15, 0.2) is 5.96 Å². The molecule has 0 heterocycles. The molecule has 0 aliphatic rings. The first kappa shape index (κ1) is 24.2. The summed E-state index contributed by atoms with van der Waals surface area (Å²) >= 11 is 0. The van der Waals surface area contributed by atoms with Crippen molar-refractivity contribution in [2.75, 3.05) is 20.1 Å². The van der Waals surface area contributed by atoms with Crippen LogP contribution < -0.4 is 22.6 Å². The zero-order chi connectivity index (χ0) is 23.3. The second-order valence-electron chi connectivity index (χ2n) is 7.05. The standard InChI is InChI=1S/C22H32N10/c1-31(19(23)24)22(29-15-8-13-17-9-4-2-5-10-17)30-32(20(25)26)21(27)28-16-14-18-11-6-3-7-12-18/h2-7,9-12H,8,13-16H2,1H3,(H3,23,24)(H3,25,26)(H2,27,28)(H,29,30). The summed E-state index contributed by atoms with van der Waals surface area (Å²) in [6, 6.07) is 20.0. The van der Waals surface area contributed by atoms with Crippen LogP contribution in [0.3, 0.4) is 0 Å². The molecule has 0 amide bonds. The van der Waals surface area contributed by atoms with Gasteiger partial charge in [0, 0.05) is 20.1 Å². The van der Waals surface area contributed by atoms with Crippen LogP contribution in [0.2, 0.25) is 0 Å². The maximum atomic E-state index is 7.87. The lowest BCUT2D eigenvalue weighted by Crippen LogP contribution is -2.59. The molecular formula is C22H32N10. The van der Waals surface area contributed by atoms with Crippen LogP contribution in [0.25, 0.3) is 0 Å². The van der Waals surface area contributed by atoms with Crippen molar-refractivity contribution in [3.05, 3.63) is 71.8 Å². The monoisotopic (exact) mass is 436 g/mol. The van der Waals surface area contributed by atoms with Crippen LogP contribution in [0.15, 0.2) is 70.6 Å². The molecule has 0 radical (unpaired) electrons. The lowest BCUT2D eigenvalue weighted by Gasteiger charge is -2.28. The number of nitrogens with one attached hydrogen (secondary N) is 3. The zero-order valence-electron chi connectivity index (χ0n) is 18.3. The third-order valence-corrected chi connectivity index (χ3v) is 4.61. The Kier molecular flexibility index (Phi) is 9.51. The molecule has 0 aliphatic heterocycles. The first-order chi connectivity index (χ1) is 15.4. The molecule has 0 bridgehead atoms. The van der Waals surface area contributed by atoms with Crippen molar-refractivity contribution in [1.29, 1.82) is 10.8 Å². The van der Waals surface area contributed by atoms with Gasteiger partial charge in [-0.1, -0.05) is 60.7 Å². The van der Waals surface area contributed by atoms with Crippen molar-refractivity contribution in [3.8, 4) is 0 Å². The second-order valence-corrected chi connectivity index (χ2v) is 7.05. The number of hydrazine groups is 1. The predicted octanol–water partition coefficient (Wildman–Crippen LogP) is 1.06. The van der Waals surface area contributed by atoms with Gasteiger partial charge in [0.05, 0.1) is 0 Å². The van der Waals surface area contributed by atoms with Crippen LogP contribution in [0, 0.1) is 10.8 Å². The fourth-order valence-electron chi connectivity index (χ4n) is 2.80. The molecule has 0 aromatic heterocycles. The molecule has 0 spiro atoms. The highest BCUT2D eigenvalue weighted by molar-refractivity contribution is 6.01. The molecule has 0 aliphatic carbocycles. The van der Waals surface area contributed by atoms with E-state index in [-0.39, 0.29) is 23.8 Å². The average molecular weight is 437 g/mol. The Morgan fingerprint density at radius 2 is 1.38 bits per heavy atom. The Balaban J connectivity index is 2.04. The van der Waals surface area contributed by atoms with Crippen molar-refractivity contribution in [2.45, 2.75) is 19.3 Å². The zero-order valence-corrected chi connectivity index (χ0v) is 18.3. The molecule has 9 N–H and O–H groups in total. The maximum absolute atomic E-state index is 7.87. The summed E-state index contributed by atoms with van der Waals surface area (Å²) < 4.78 is 0. The number of nitrogens with zero attached hydrogens (tertiary/aromatic N) is 4. The lowest BCUT2D eigenvalue weighted by atomic mass is 10.1. The quantitative estimate of drug-likeness (QED) is 0.164. The number of benzene rings is 2. The van der Waals surface area contributed by atoms with E-state index in [0.29, 0.717) is 19.5 Å². The number of rotatable bonds is 7. The molecule has 0 saturated carbocycles. The number of nitrogens with two attached hydrogens (primary N) is 3. The average Bonchev–Trinajstić information content (AvgIpc) is 2.79. The van der Waals surface area contributed by atoms with Crippen LogP contribution in [-0.4, -0.2) is 53.9 Å². The van der Waals surface area contributed by atoms with Crippen LogP contribution in [0.1, 0.15) is 17.5 Å². The van der Waals surface area contributed by atoms with Crippen LogP contribution >= 0.6 is 0 Å². The number of aryl methyl sites for hydroxylation is 1. The van der Waals surface area contributed by atoms with Gasteiger partial charge in [0.25, 0.3) is 0 Å². The predicted molar refractivity (Wildman–Crippen MR) is 130 cm³/mol. The summed E-state index contributed by atoms with van der Waals surface area (Å²) in [5.41, 5.74) is 22.6. The fraction of sp³-hybridized carbons (Fsp3) is 0.273. The molecule has 0 atom stereocenters. The maximum Gasteiger partial charge on any atom is 0.220 e. The molecule has 2 rings (SSSR count). The van der Waals surface area contributed by atoms with Gasteiger partial charge in [-0.25, -0.2) is 0 Å². The Hall–Kier alpha value is -4.08. The normalized spacial score (nSPS) is 11.7. The molecule has 0 fully saturated rings. The Labute approximate surface area is 188 Å². The van der Waals surface area contributed by atoms with Crippen molar-refractivity contribution in [3.63, 3.8) is 0 Å². The van der Waals surface area contributed by atoms with E-state index in [1.165, 1.54) is 10.5 Å². The van der Waals surface area contributed by atoms with Gasteiger partial charge in [0.1, 0.15) is 0 Å². The third-order valence-electron chi connectivity index (χ3n) is 4.61. The van der Waals surface area contributed by atoms with Crippen LogP contribution in [0.5, 0.6) is 0 Å². The van der Waals surface area contributed by atoms with Crippen LogP contribution in [0.4, 0.5) is 0 Å². The number of guanidine groups is 4. The molecule has 32 heavy (non-hydrogen) atoms. The Morgan fingerprint density at radius 3 is 1.91 bits per heavy atom. The van der Waals surface area contributed by atoms with Crippen molar-refractivity contribution in [2.24, 2.45) is 27.2 Å². The van der Waals surface area contributed by atoms with Gasteiger partial charge in [-0.05, 0) is 30.4 Å². The van der Waals surface area contributed by atoms with E-state index < -0.39 is 0 Å². The van der Waals surface area contributed by atoms with Crippen molar-refractivity contribution < 1.29 is 0 Å². The number of hydrogen-bond acceptors (Lipinski definition) is 4. The third kappa shape index (κ3) is 7.98. The lowest BCUT2D eigenvalue weighted by molar-refractivity contribution is 0.496. The SMILES string of the molecule is CN(C(=N)N)C(=NCCCc1ccccc1)NN(C(=N)N)C(N)=NCCc1ccccc1. The highest BCUT2D eigenvalue weighted by Crippen LogP contribution is 2.03. The van der Waals surface area contributed by atoms with E-state index in [4.69, 9.17) is 28.0 Å². The summed E-state index contributed by atoms with van der Waals surface area (Å²) in [5, 5.41) is 16.7. The van der Waals surface area contributed by atoms with E-state index in [2.05, 4.69) is 27.5 Å². The smallest absolute Gasteiger partial charge is 0.220 e. The van der Waals surface area contributed by atoms with Gasteiger partial charge in [-0.15, -0.1) is 0 Å². The molecule has 0 saturated heterocycles. The van der Waals surface area contributed by atoms with Gasteiger partial charge in [0.2, 0.25) is 17.9 Å². The molecule has 2 aromatic carbocycles. The molecule has 0 unspecified atom stereocenters. The van der Waals surface area contributed by atoms with E-state index in [1.807, 2.05) is 48.5 Å². The van der Waals surface area contributed by atoms with Gasteiger partial charge < -0.3 is 17.2 Å². The fourth-order valence-corrected chi connectivity index (χ4v) is 2.80. The molecule has 10 heteroatoms. The Bertz CT molecular complexity index is 924. The van der Waals surface area contributed by atoms with E-state index in [0.717, 1.165) is 23.4 Å². The summed E-state index contributed by atoms with van der Waals surface area (Å²) in [7, 11) is 1.59. The topological polar surface area (TPSA) is 169 Å². The number of hydrogen-bond donors (Lipinski definition) is 6. The minimum Gasteiger partial charge on any atom is -0.370 e. The molecule has 2 aromatic rings. The summed E-state index contributed by atoms with van der Waals surface area (Å²) in [6.45, 7) is 0.902. The van der Waals surface area contributed by atoms with Crippen LogP contribution in [-0.2, 0) is 12.8 Å². The largest absolute Gasteiger partial charge is 0.370 e. The van der Waals surface area contributed by atoms with E-state index in [9.17, 15) is 0 Å². The summed E-state index contributed by atoms with van der Waals surface area (Å²) in [4.78, 5) is 10.2. The first-order valence-corrected chi connectivity index (χ1v) is 10.3. The van der Waals surface area contributed by atoms with E-state index >= 15 is 0 Å². The van der Waals surface area contributed by atoms with E-state index in [1.54, 1.807) is 7.05 Å². The minimum absolute atomic E-state index is 0.0161. The summed E-state index contributed by atoms with van der Waals surface area (Å²) in [5.74, 6) is -0.327. The number of aliphatic imine (C=N–C) groups is 2. The molecule has 10 nitrogen and oxygen atoms in total. The van der Waals surface area contributed by atoms with Gasteiger partial charge in [-0.3, -0.25) is 31.1 Å². The first-order valence-electron chi connectivity index (χ1n) is 10.3. The highest BCUT2D eigenvalue weighted by Gasteiger charge is 2.17. The molecule has 170 valence electrons. The minimum atomic E-state index is -0.361. The van der Waals surface area contributed by atoms with Crippen molar-refractivity contribution >= 4 is 23.8 Å².